The number of aromatic nitrogens is 1. The maximum absolute atomic E-state index is 10.1. The van der Waals surface area contributed by atoms with Crippen LogP contribution in [0.25, 0.3) is 11.3 Å². The number of anilines is 1. The molecule has 4 rings (SSSR count). The van der Waals surface area contributed by atoms with Gasteiger partial charge in [0.2, 0.25) is 5.13 Å². The molecule has 24 heavy (non-hydrogen) atoms. The van der Waals surface area contributed by atoms with Crippen LogP contribution in [-0.2, 0) is 0 Å². The number of benzene rings is 2. The van der Waals surface area contributed by atoms with Gasteiger partial charge in [0.15, 0.2) is 0 Å². The summed E-state index contributed by atoms with van der Waals surface area (Å²) >= 11 is 1.50. The van der Waals surface area contributed by atoms with E-state index in [2.05, 4.69) is 21.6 Å². The van der Waals surface area contributed by atoms with E-state index in [4.69, 9.17) is 0 Å². The molecule has 0 saturated heterocycles. The van der Waals surface area contributed by atoms with Gasteiger partial charge in [-0.15, -0.1) is 11.3 Å². The topological polar surface area (TPSA) is 57.5 Å². The van der Waals surface area contributed by atoms with Crippen LogP contribution in [0.2, 0.25) is 0 Å². The maximum Gasteiger partial charge on any atom is 0.203 e. The van der Waals surface area contributed by atoms with E-state index in [0.29, 0.717) is 11.5 Å². The van der Waals surface area contributed by atoms with Crippen LogP contribution in [0.3, 0.4) is 0 Å². The van der Waals surface area contributed by atoms with Crippen molar-refractivity contribution in [2.45, 2.75) is 18.8 Å². The summed E-state index contributed by atoms with van der Waals surface area (Å²) in [6.45, 7) is 0. The fourth-order valence-corrected chi connectivity index (χ4v) is 3.23. The van der Waals surface area contributed by atoms with Gasteiger partial charge < -0.3 is 5.11 Å². The Hall–Kier alpha value is -2.66. The molecule has 0 amide bonds. The van der Waals surface area contributed by atoms with E-state index in [-0.39, 0.29) is 5.75 Å². The number of thiazole rings is 1. The Morgan fingerprint density at radius 2 is 2.00 bits per heavy atom. The molecule has 0 unspecified atom stereocenters. The van der Waals surface area contributed by atoms with Crippen molar-refractivity contribution in [2.75, 3.05) is 5.43 Å². The molecule has 4 nitrogen and oxygen atoms in total. The van der Waals surface area contributed by atoms with Crippen LogP contribution in [-0.4, -0.2) is 16.3 Å². The Balaban J connectivity index is 1.43. The highest BCUT2D eigenvalue weighted by Crippen LogP contribution is 2.41. The van der Waals surface area contributed by atoms with Gasteiger partial charge in [-0.2, -0.15) is 5.10 Å². The third-order valence-corrected chi connectivity index (χ3v) is 4.79. The largest absolute Gasteiger partial charge is 0.507 e. The van der Waals surface area contributed by atoms with Crippen LogP contribution < -0.4 is 5.43 Å². The molecular weight excluding hydrogens is 318 g/mol. The fraction of sp³-hybridized carbons (Fsp3) is 0.158. The lowest BCUT2D eigenvalue weighted by Gasteiger charge is -2.02. The van der Waals surface area contributed by atoms with E-state index in [1.54, 1.807) is 6.21 Å². The molecule has 1 aliphatic rings. The normalized spacial score (nSPS) is 14.2. The molecule has 1 saturated carbocycles. The second kappa shape index (κ2) is 6.45. The molecule has 1 fully saturated rings. The van der Waals surface area contributed by atoms with Gasteiger partial charge in [0.05, 0.1) is 11.9 Å². The number of aromatic hydroxyl groups is 1. The lowest BCUT2D eigenvalue weighted by atomic mass is 10.1. The average Bonchev–Trinajstić information content (AvgIpc) is 3.36. The number of nitrogens with zero attached hydrogens (tertiary/aromatic N) is 2. The molecule has 0 spiro atoms. The van der Waals surface area contributed by atoms with Gasteiger partial charge in [-0.1, -0.05) is 36.4 Å². The first-order chi connectivity index (χ1) is 11.8. The minimum atomic E-state index is 0.272. The maximum atomic E-state index is 10.1. The van der Waals surface area contributed by atoms with E-state index in [1.807, 2.05) is 47.8 Å². The summed E-state index contributed by atoms with van der Waals surface area (Å²) in [5.41, 5.74) is 6.85. The number of phenolic OH excluding ortho intramolecular Hbond substituents is 1. The Kier molecular flexibility index (Phi) is 4.01. The molecule has 1 heterocycles. The second-order valence-electron chi connectivity index (χ2n) is 5.87. The van der Waals surface area contributed by atoms with Crippen molar-refractivity contribution in [1.82, 2.24) is 4.98 Å². The SMILES string of the molecule is Oc1cc(C2CC2)ccc1C=NNc1nc(-c2ccccc2)cs1. The third kappa shape index (κ3) is 3.31. The molecule has 0 radical (unpaired) electrons. The van der Waals surface area contributed by atoms with Crippen LogP contribution in [0.15, 0.2) is 59.0 Å². The van der Waals surface area contributed by atoms with Gasteiger partial charge in [-0.3, -0.25) is 5.43 Å². The quantitative estimate of drug-likeness (QED) is 0.518. The van der Waals surface area contributed by atoms with Crippen molar-refractivity contribution in [3.05, 3.63) is 65.0 Å². The molecule has 0 aliphatic heterocycles. The van der Waals surface area contributed by atoms with Crippen LogP contribution in [0.4, 0.5) is 5.13 Å². The van der Waals surface area contributed by atoms with Crippen molar-refractivity contribution in [1.29, 1.82) is 0 Å². The first kappa shape index (κ1) is 14.9. The van der Waals surface area contributed by atoms with Crippen LogP contribution in [0.5, 0.6) is 5.75 Å². The molecule has 0 atom stereocenters. The lowest BCUT2D eigenvalue weighted by Crippen LogP contribution is -1.91. The van der Waals surface area contributed by atoms with Gasteiger partial charge >= 0.3 is 0 Å². The van der Waals surface area contributed by atoms with Gasteiger partial charge in [-0.25, -0.2) is 4.98 Å². The molecular formula is C19H17N3OS. The summed E-state index contributed by atoms with van der Waals surface area (Å²) in [6, 6.07) is 15.8. The minimum Gasteiger partial charge on any atom is -0.507 e. The summed E-state index contributed by atoms with van der Waals surface area (Å²) in [7, 11) is 0. The number of phenols is 1. The zero-order chi connectivity index (χ0) is 16.4. The van der Waals surface area contributed by atoms with Crippen LogP contribution in [0.1, 0.15) is 29.9 Å². The van der Waals surface area contributed by atoms with Crippen molar-refractivity contribution in [3.63, 3.8) is 0 Å². The van der Waals surface area contributed by atoms with Crippen molar-refractivity contribution >= 4 is 22.7 Å². The highest BCUT2D eigenvalue weighted by molar-refractivity contribution is 7.14. The van der Waals surface area contributed by atoms with Crippen molar-refractivity contribution < 1.29 is 5.11 Å². The Labute approximate surface area is 144 Å². The third-order valence-electron chi connectivity index (χ3n) is 4.04. The van der Waals surface area contributed by atoms with E-state index in [1.165, 1.54) is 29.7 Å². The minimum absolute atomic E-state index is 0.272. The number of hydrazone groups is 1. The Morgan fingerprint density at radius 1 is 1.17 bits per heavy atom. The molecule has 5 heteroatoms. The van der Waals surface area contributed by atoms with Gasteiger partial charge in [0.25, 0.3) is 0 Å². The first-order valence-electron chi connectivity index (χ1n) is 7.92. The predicted octanol–water partition coefficient (Wildman–Crippen LogP) is 4.84. The highest BCUT2D eigenvalue weighted by Gasteiger charge is 2.23. The monoisotopic (exact) mass is 335 g/mol. The van der Waals surface area contributed by atoms with Crippen LogP contribution >= 0.6 is 11.3 Å². The summed E-state index contributed by atoms with van der Waals surface area (Å²) in [4.78, 5) is 4.51. The van der Waals surface area contributed by atoms with Crippen molar-refractivity contribution in [2.24, 2.45) is 5.10 Å². The predicted molar refractivity (Wildman–Crippen MR) is 98.8 cm³/mol. The number of nitrogens with one attached hydrogen (secondary N) is 1. The Bertz CT molecular complexity index is 869. The molecule has 1 aliphatic carbocycles. The smallest absolute Gasteiger partial charge is 0.203 e. The number of hydrogen-bond acceptors (Lipinski definition) is 5. The second-order valence-corrected chi connectivity index (χ2v) is 6.72. The van der Waals surface area contributed by atoms with E-state index in [0.717, 1.165) is 16.4 Å². The van der Waals surface area contributed by atoms with E-state index < -0.39 is 0 Å². The van der Waals surface area contributed by atoms with Gasteiger partial charge in [0.1, 0.15) is 5.75 Å². The average molecular weight is 335 g/mol. The Morgan fingerprint density at radius 3 is 2.75 bits per heavy atom. The van der Waals surface area contributed by atoms with E-state index >= 15 is 0 Å². The molecule has 0 bridgehead atoms. The molecule has 2 N–H and O–H groups in total. The number of hydrogen-bond donors (Lipinski definition) is 2. The molecule has 2 aromatic carbocycles. The molecule has 3 aromatic rings. The summed E-state index contributed by atoms with van der Waals surface area (Å²) in [5.74, 6) is 0.904. The molecule has 1 aromatic heterocycles. The van der Waals surface area contributed by atoms with Crippen LogP contribution in [0, 0.1) is 0 Å². The van der Waals surface area contributed by atoms with E-state index in [9.17, 15) is 5.11 Å². The summed E-state index contributed by atoms with van der Waals surface area (Å²) in [6.07, 6.45) is 4.07. The molecule has 120 valence electrons. The van der Waals surface area contributed by atoms with Gasteiger partial charge in [0, 0.05) is 16.5 Å². The highest BCUT2D eigenvalue weighted by atomic mass is 32.1. The summed E-state index contributed by atoms with van der Waals surface area (Å²) in [5, 5.41) is 17.0. The van der Waals surface area contributed by atoms with Crippen molar-refractivity contribution in [3.8, 4) is 17.0 Å². The standard InChI is InChI=1S/C19H17N3OS/c23-18-10-15(13-6-7-13)8-9-16(18)11-20-22-19-21-17(12-24-19)14-4-2-1-3-5-14/h1-5,8-13,23H,6-7H2,(H,21,22). The first-order valence-corrected chi connectivity index (χ1v) is 8.80. The van der Waals surface area contributed by atoms with Gasteiger partial charge in [-0.05, 0) is 36.5 Å². The fourth-order valence-electron chi connectivity index (χ4n) is 2.56. The number of rotatable bonds is 5. The zero-order valence-corrected chi connectivity index (χ0v) is 13.8. The lowest BCUT2D eigenvalue weighted by molar-refractivity contribution is 0.473. The summed E-state index contributed by atoms with van der Waals surface area (Å²) < 4.78 is 0. The zero-order valence-electron chi connectivity index (χ0n) is 13.0.